The summed E-state index contributed by atoms with van der Waals surface area (Å²) in [6.07, 6.45) is -5.76. The molecule has 1 N–H and O–H groups in total. The molecule has 0 saturated heterocycles. The van der Waals surface area contributed by atoms with Gasteiger partial charge in [0.15, 0.2) is 6.10 Å². The van der Waals surface area contributed by atoms with E-state index in [-0.39, 0.29) is 12.3 Å². The summed E-state index contributed by atoms with van der Waals surface area (Å²) in [4.78, 5) is 12.3. The molecule has 0 aliphatic heterocycles. The molecule has 0 fully saturated rings. The quantitative estimate of drug-likeness (QED) is 0.852. The number of benzene rings is 2. The second-order valence-corrected chi connectivity index (χ2v) is 5.26. The molecule has 8 heteroatoms. The zero-order valence-electron chi connectivity index (χ0n) is 13.7. The summed E-state index contributed by atoms with van der Waals surface area (Å²) in [7, 11) is 1.33. The Labute approximate surface area is 148 Å². The van der Waals surface area contributed by atoms with E-state index in [1.54, 1.807) is 24.3 Å². The average molecular weight is 364 g/mol. The molecular weight excluding hydrogens is 349 g/mol. The average Bonchev–Trinajstić information content (AvgIpc) is 2.61. The zero-order valence-corrected chi connectivity index (χ0v) is 13.7. The first-order chi connectivity index (χ1) is 12.3. The number of nitrogens with one attached hydrogen (secondary N) is 1. The number of hydrogen-bond donors (Lipinski definition) is 1. The number of nitrogens with zero attached hydrogens (tertiary/aromatic N) is 1. The molecular formula is C18H15F3N2O3. The van der Waals surface area contributed by atoms with Crippen LogP contribution >= 0.6 is 0 Å². The Bertz CT molecular complexity index is 781. The number of rotatable bonds is 6. The maximum absolute atomic E-state index is 12.3. The highest BCUT2D eigenvalue weighted by atomic mass is 19.4. The first-order valence-corrected chi connectivity index (χ1v) is 7.47. The van der Waals surface area contributed by atoms with Crippen LogP contribution in [0.2, 0.25) is 0 Å². The fourth-order valence-corrected chi connectivity index (χ4v) is 2.22. The molecule has 0 aliphatic carbocycles. The Morgan fingerprint density at radius 2 is 1.77 bits per heavy atom. The normalized spacial score (nSPS) is 12.1. The number of nitriles is 1. The number of ether oxygens (including phenoxy) is 2. The van der Waals surface area contributed by atoms with Gasteiger partial charge in [-0.3, -0.25) is 4.79 Å². The van der Waals surface area contributed by atoms with Crippen molar-refractivity contribution in [2.24, 2.45) is 0 Å². The van der Waals surface area contributed by atoms with Crippen molar-refractivity contribution in [3.05, 3.63) is 65.2 Å². The smallest absolute Gasteiger partial charge is 0.406 e. The lowest BCUT2D eigenvalue weighted by atomic mass is 10.1. The van der Waals surface area contributed by atoms with Crippen molar-refractivity contribution in [2.45, 2.75) is 19.0 Å². The minimum absolute atomic E-state index is 0.222. The van der Waals surface area contributed by atoms with Gasteiger partial charge in [0.05, 0.1) is 11.6 Å². The molecule has 0 radical (unpaired) electrons. The van der Waals surface area contributed by atoms with Crippen LogP contribution in [-0.4, -0.2) is 19.4 Å². The molecule has 0 bridgehead atoms. The number of alkyl halides is 3. The van der Waals surface area contributed by atoms with Gasteiger partial charge in [-0.2, -0.15) is 5.26 Å². The zero-order chi connectivity index (χ0) is 19.2. The van der Waals surface area contributed by atoms with Gasteiger partial charge in [0, 0.05) is 13.7 Å². The minimum Gasteiger partial charge on any atom is -0.406 e. The predicted octanol–water partition coefficient (Wildman–Crippen LogP) is 3.46. The molecule has 0 unspecified atom stereocenters. The van der Waals surface area contributed by atoms with Crippen molar-refractivity contribution in [3.8, 4) is 11.8 Å². The van der Waals surface area contributed by atoms with Crippen LogP contribution in [0.1, 0.15) is 22.8 Å². The Morgan fingerprint density at radius 1 is 1.15 bits per heavy atom. The molecule has 1 atom stereocenters. The number of carbonyl (C=O) groups excluding carboxylic acids is 1. The Hall–Kier alpha value is -3.05. The van der Waals surface area contributed by atoms with Crippen LogP contribution in [-0.2, 0) is 16.1 Å². The lowest BCUT2D eigenvalue weighted by molar-refractivity contribution is -0.274. The molecule has 5 nitrogen and oxygen atoms in total. The fourth-order valence-electron chi connectivity index (χ4n) is 2.22. The summed E-state index contributed by atoms with van der Waals surface area (Å²) >= 11 is 0. The summed E-state index contributed by atoms with van der Waals surface area (Å²) in [5.74, 6) is -0.824. The number of carbonyl (C=O) groups is 1. The van der Waals surface area contributed by atoms with Crippen molar-refractivity contribution < 1.29 is 27.4 Å². The van der Waals surface area contributed by atoms with Crippen LogP contribution in [0.15, 0.2) is 48.5 Å². The highest BCUT2D eigenvalue weighted by Crippen LogP contribution is 2.25. The van der Waals surface area contributed by atoms with Gasteiger partial charge >= 0.3 is 6.36 Å². The van der Waals surface area contributed by atoms with Crippen molar-refractivity contribution in [1.82, 2.24) is 5.32 Å². The Morgan fingerprint density at radius 3 is 2.27 bits per heavy atom. The maximum atomic E-state index is 12.3. The van der Waals surface area contributed by atoms with Crippen LogP contribution in [0.5, 0.6) is 5.75 Å². The van der Waals surface area contributed by atoms with Gasteiger partial charge in [0.25, 0.3) is 5.91 Å². The van der Waals surface area contributed by atoms with Gasteiger partial charge in [0.1, 0.15) is 5.75 Å². The minimum atomic E-state index is -4.78. The number of amides is 1. The third kappa shape index (κ3) is 5.50. The van der Waals surface area contributed by atoms with Crippen LogP contribution in [0, 0.1) is 11.3 Å². The van der Waals surface area contributed by atoms with Crippen molar-refractivity contribution in [2.75, 3.05) is 7.11 Å². The summed E-state index contributed by atoms with van der Waals surface area (Å²) < 4.78 is 45.5. The molecule has 0 aromatic heterocycles. The molecule has 0 heterocycles. The molecule has 0 saturated carbocycles. The Kier molecular flexibility index (Phi) is 6.20. The second-order valence-electron chi connectivity index (χ2n) is 5.26. The second kappa shape index (κ2) is 8.36. The summed E-state index contributed by atoms with van der Waals surface area (Å²) in [6.45, 7) is 0.222. The number of halogens is 3. The van der Waals surface area contributed by atoms with Gasteiger partial charge in [-0.05, 0) is 35.4 Å². The van der Waals surface area contributed by atoms with Gasteiger partial charge in [0.2, 0.25) is 0 Å². The van der Waals surface area contributed by atoms with E-state index in [1.807, 2.05) is 6.07 Å². The van der Waals surface area contributed by atoms with E-state index < -0.39 is 18.4 Å². The van der Waals surface area contributed by atoms with E-state index >= 15 is 0 Å². The van der Waals surface area contributed by atoms with E-state index in [0.717, 1.165) is 17.7 Å². The molecule has 1 amide bonds. The summed E-state index contributed by atoms with van der Waals surface area (Å²) in [6, 6.07) is 13.6. The maximum Gasteiger partial charge on any atom is 0.573 e. The van der Waals surface area contributed by atoms with Crippen molar-refractivity contribution in [1.29, 1.82) is 5.26 Å². The van der Waals surface area contributed by atoms with Gasteiger partial charge in [-0.1, -0.05) is 24.3 Å². The first kappa shape index (κ1) is 19.3. The SMILES string of the molecule is CO[C@H](C(=O)NCc1ccc(C#N)cc1)c1ccc(OC(F)(F)F)cc1. The van der Waals surface area contributed by atoms with Crippen LogP contribution < -0.4 is 10.1 Å². The third-order valence-electron chi connectivity index (χ3n) is 3.44. The number of hydrogen-bond acceptors (Lipinski definition) is 4. The molecule has 2 rings (SSSR count). The highest BCUT2D eigenvalue weighted by Gasteiger charge is 2.31. The van der Waals surface area contributed by atoms with E-state index in [4.69, 9.17) is 10.00 Å². The van der Waals surface area contributed by atoms with Crippen LogP contribution in [0.3, 0.4) is 0 Å². The lowest BCUT2D eigenvalue weighted by Crippen LogP contribution is -2.30. The monoisotopic (exact) mass is 364 g/mol. The topological polar surface area (TPSA) is 71.3 Å². The largest absolute Gasteiger partial charge is 0.573 e. The summed E-state index contributed by atoms with van der Waals surface area (Å²) in [5, 5.41) is 11.4. The standard InChI is InChI=1S/C18H15F3N2O3/c1-25-16(14-6-8-15(9-7-14)26-18(19,20)21)17(24)23-11-13-4-2-12(10-22)3-5-13/h2-9,16H,11H2,1H3,(H,23,24)/t16-/m0/s1. The molecule has 0 aliphatic rings. The predicted molar refractivity (Wildman–Crippen MR) is 85.9 cm³/mol. The van der Waals surface area contributed by atoms with E-state index in [2.05, 4.69) is 10.1 Å². The van der Waals surface area contributed by atoms with Crippen LogP contribution in [0.4, 0.5) is 13.2 Å². The van der Waals surface area contributed by atoms with Gasteiger partial charge in [-0.25, -0.2) is 0 Å². The molecule has 2 aromatic rings. The van der Waals surface area contributed by atoms with Gasteiger partial charge in [-0.15, -0.1) is 13.2 Å². The molecule has 0 spiro atoms. The van der Waals surface area contributed by atoms with Crippen molar-refractivity contribution >= 4 is 5.91 Å². The highest BCUT2D eigenvalue weighted by molar-refractivity contribution is 5.82. The van der Waals surface area contributed by atoms with E-state index in [9.17, 15) is 18.0 Å². The molecule has 136 valence electrons. The fraction of sp³-hybridized carbons (Fsp3) is 0.222. The third-order valence-corrected chi connectivity index (χ3v) is 3.44. The van der Waals surface area contributed by atoms with E-state index in [0.29, 0.717) is 11.1 Å². The van der Waals surface area contributed by atoms with E-state index in [1.165, 1.54) is 19.2 Å². The number of methoxy groups -OCH3 is 1. The Balaban J connectivity index is 2.00. The van der Waals surface area contributed by atoms with Crippen LogP contribution in [0.25, 0.3) is 0 Å². The molecule has 26 heavy (non-hydrogen) atoms. The summed E-state index contributed by atoms with van der Waals surface area (Å²) in [5.41, 5.74) is 1.69. The molecule has 2 aromatic carbocycles. The lowest BCUT2D eigenvalue weighted by Gasteiger charge is -2.16. The van der Waals surface area contributed by atoms with Gasteiger partial charge < -0.3 is 14.8 Å². The first-order valence-electron chi connectivity index (χ1n) is 7.47. The van der Waals surface area contributed by atoms with Crippen molar-refractivity contribution in [3.63, 3.8) is 0 Å².